The van der Waals surface area contributed by atoms with Crippen molar-refractivity contribution < 1.29 is 22.3 Å². The SMILES string of the molecule is O=C(C[C@@H]1COCCN1)NCCS(=O)(=O)c1ccc(F)cc1. The number of morpholine rings is 1. The zero-order valence-electron chi connectivity index (χ0n) is 12.0. The molecule has 0 bridgehead atoms. The second-order valence-electron chi connectivity index (χ2n) is 5.05. The number of sulfone groups is 1. The minimum absolute atomic E-state index is 0.0200. The zero-order chi connectivity index (χ0) is 16.0. The summed E-state index contributed by atoms with van der Waals surface area (Å²) in [7, 11) is -3.53. The lowest BCUT2D eigenvalue weighted by Gasteiger charge is -2.23. The molecular formula is C14H19FN2O4S. The molecule has 1 saturated heterocycles. The maximum Gasteiger partial charge on any atom is 0.221 e. The van der Waals surface area contributed by atoms with Crippen LogP contribution in [0.15, 0.2) is 29.2 Å². The molecule has 1 atom stereocenters. The average Bonchev–Trinajstić information content (AvgIpc) is 2.48. The summed E-state index contributed by atoms with van der Waals surface area (Å²) in [5, 5.41) is 5.73. The first-order chi connectivity index (χ1) is 10.5. The molecule has 0 spiro atoms. The van der Waals surface area contributed by atoms with Crippen molar-refractivity contribution in [3.63, 3.8) is 0 Å². The highest BCUT2D eigenvalue weighted by Crippen LogP contribution is 2.11. The lowest BCUT2D eigenvalue weighted by Crippen LogP contribution is -2.44. The number of carbonyl (C=O) groups is 1. The number of hydrogen-bond acceptors (Lipinski definition) is 5. The highest BCUT2D eigenvalue weighted by atomic mass is 32.2. The number of halogens is 1. The first-order valence-electron chi connectivity index (χ1n) is 7.03. The molecular weight excluding hydrogens is 311 g/mol. The molecule has 1 fully saturated rings. The number of hydrogen-bond donors (Lipinski definition) is 2. The summed E-state index contributed by atoms with van der Waals surface area (Å²) in [5.74, 6) is -0.939. The molecule has 2 rings (SSSR count). The molecule has 6 nitrogen and oxygen atoms in total. The van der Waals surface area contributed by atoms with Gasteiger partial charge in [-0.1, -0.05) is 0 Å². The Balaban J connectivity index is 1.77. The highest BCUT2D eigenvalue weighted by Gasteiger charge is 2.18. The molecule has 0 saturated carbocycles. The number of benzene rings is 1. The Kier molecular flexibility index (Phi) is 5.87. The fourth-order valence-corrected chi connectivity index (χ4v) is 3.29. The standard InChI is InChI=1S/C14H19FN2O4S/c15-11-1-3-13(4-2-11)22(19,20)8-6-17-14(18)9-12-10-21-7-5-16-12/h1-4,12,16H,5-10H2,(H,17,18)/t12-/m1/s1. The summed E-state index contributed by atoms with van der Waals surface area (Å²) in [6, 6.07) is 4.59. The Morgan fingerprint density at radius 1 is 1.36 bits per heavy atom. The van der Waals surface area contributed by atoms with Gasteiger partial charge in [0, 0.05) is 25.6 Å². The van der Waals surface area contributed by atoms with Crippen LogP contribution in [0.5, 0.6) is 0 Å². The third kappa shape index (κ3) is 5.04. The first-order valence-corrected chi connectivity index (χ1v) is 8.69. The highest BCUT2D eigenvalue weighted by molar-refractivity contribution is 7.91. The number of nitrogens with one attached hydrogen (secondary N) is 2. The molecule has 0 radical (unpaired) electrons. The van der Waals surface area contributed by atoms with Crippen molar-refractivity contribution in [1.29, 1.82) is 0 Å². The van der Waals surface area contributed by atoms with E-state index in [2.05, 4.69) is 10.6 Å². The van der Waals surface area contributed by atoms with Crippen molar-refractivity contribution in [2.24, 2.45) is 0 Å². The third-order valence-corrected chi connectivity index (χ3v) is 5.03. The Morgan fingerprint density at radius 3 is 2.73 bits per heavy atom. The summed E-state index contributed by atoms with van der Waals surface area (Å²) in [4.78, 5) is 11.8. The Labute approximate surface area is 129 Å². The van der Waals surface area contributed by atoms with Crippen molar-refractivity contribution in [2.75, 3.05) is 32.1 Å². The van der Waals surface area contributed by atoms with Gasteiger partial charge in [0.05, 0.1) is 23.9 Å². The molecule has 1 amide bonds. The normalized spacial score (nSPS) is 18.9. The Morgan fingerprint density at radius 2 is 2.09 bits per heavy atom. The van der Waals surface area contributed by atoms with Crippen LogP contribution in [0.1, 0.15) is 6.42 Å². The lowest BCUT2D eigenvalue weighted by molar-refractivity contribution is -0.122. The van der Waals surface area contributed by atoms with Crippen LogP contribution in [-0.2, 0) is 19.4 Å². The van der Waals surface area contributed by atoms with Crippen LogP contribution >= 0.6 is 0 Å². The fraction of sp³-hybridized carbons (Fsp3) is 0.500. The van der Waals surface area contributed by atoms with E-state index < -0.39 is 15.7 Å². The van der Waals surface area contributed by atoms with Crippen LogP contribution in [0.3, 0.4) is 0 Å². The molecule has 1 aliphatic rings. The fourth-order valence-electron chi connectivity index (χ4n) is 2.13. The van der Waals surface area contributed by atoms with E-state index >= 15 is 0 Å². The maximum atomic E-state index is 12.8. The molecule has 1 aliphatic heterocycles. The van der Waals surface area contributed by atoms with Crippen molar-refractivity contribution in [1.82, 2.24) is 10.6 Å². The predicted molar refractivity (Wildman–Crippen MR) is 78.7 cm³/mol. The second-order valence-corrected chi connectivity index (χ2v) is 7.16. The van der Waals surface area contributed by atoms with E-state index in [1.165, 1.54) is 12.1 Å². The van der Waals surface area contributed by atoms with Gasteiger partial charge in [-0.2, -0.15) is 0 Å². The van der Waals surface area contributed by atoms with Crippen LogP contribution in [0, 0.1) is 5.82 Å². The van der Waals surface area contributed by atoms with Crippen molar-refractivity contribution >= 4 is 15.7 Å². The predicted octanol–water partition coefficient (Wildman–Crippen LogP) is 0.0941. The minimum Gasteiger partial charge on any atom is -0.378 e. The van der Waals surface area contributed by atoms with Gasteiger partial charge in [-0.3, -0.25) is 4.79 Å². The van der Waals surface area contributed by atoms with Gasteiger partial charge < -0.3 is 15.4 Å². The van der Waals surface area contributed by atoms with Crippen LogP contribution in [-0.4, -0.2) is 52.4 Å². The molecule has 8 heteroatoms. The van der Waals surface area contributed by atoms with Gasteiger partial charge in [-0.15, -0.1) is 0 Å². The summed E-state index contributed by atoms with van der Waals surface area (Å²) in [6.07, 6.45) is 0.247. The van der Waals surface area contributed by atoms with E-state index in [0.29, 0.717) is 19.8 Å². The topological polar surface area (TPSA) is 84.5 Å². The monoisotopic (exact) mass is 330 g/mol. The number of rotatable bonds is 6. The summed E-state index contributed by atoms with van der Waals surface area (Å²) in [6.45, 7) is 1.83. The molecule has 0 aliphatic carbocycles. The Bertz CT molecular complexity index is 598. The van der Waals surface area contributed by atoms with Gasteiger partial charge in [0.15, 0.2) is 9.84 Å². The second kappa shape index (κ2) is 7.66. The molecule has 1 heterocycles. The summed E-state index contributed by atoms with van der Waals surface area (Å²) >= 11 is 0. The van der Waals surface area contributed by atoms with Gasteiger partial charge >= 0.3 is 0 Å². The van der Waals surface area contributed by atoms with Gasteiger partial charge in [0.25, 0.3) is 0 Å². The molecule has 1 aromatic carbocycles. The Hall–Kier alpha value is -1.51. The van der Waals surface area contributed by atoms with Crippen LogP contribution in [0.2, 0.25) is 0 Å². The van der Waals surface area contributed by atoms with Crippen LogP contribution in [0.4, 0.5) is 4.39 Å². The van der Waals surface area contributed by atoms with Gasteiger partial charge in [0.2, 0.25) is 5.91 Å². The molecule has 1 aromatic rings. The third-order valence-electron chi connectivity index (χ3n) is 3.30. The van der Waals surface area contributed by atoms with Crippen LogP contribution in [0.25, 0.3) is 0 Å². The summed E-state index contributed by atoms with van der Waals surface area (Å²) in [5.41, 5.74) is 0. The lowest BCUT2D eigenvalue weighted by atomic mass is 10.2. The largest absolute Gasteiger partial charge is 0.378 e. The van der Waals surface area contributed by atoms with Gasteiger partial charge in [-0.05, 0) is 24.3 Å². The quantitative estimate of drug-likeness (QED) is 0.723. The van der Waals surface area contributed by atoms with E-state index in [1.807, 2.05) is 0 Å². The summed E-state index contributed by atoms with van der Waals surface area (Å²) < 4.78 is 42.0. The van der Waals surface area contributed by atoms with Gasteiger partial charge in [0.1, 0.15) is 5.82 Å². The number of amides is 1. The van der Waals surface area contributed by atoms with E-state index in [4.69, 9.17) is 4.74 Å². The van der Waals surface area contributed by atoms with E-state index in [0.717, 1.165) is 12.1 Å². The first kappa shape index (κ1) is 16.9. The molecule has 22 heavy (non-hydrogen) atoms. The van der Waals surface area contributed by atoms with E-state index in [1.54, 1.807) is 0 Å². The zero-order valence-corrected chi connectivity index (χ0v) is 12.9. The minimum atomic E-state index is -3.53. The van der Waals surface area contributed by atoms with Crippen LogP contribution < -0.4 is 10.6 Å². The number of carbonyl (C=O) groups excluding carboxylic acids is 1. The smallest absolute Gasteiger partial charge is 0.221 e. The van der Waals surface area contributed by atoms with E-state index in [-0.39, 0.29) is 35.6 Å². The van der Waals surface area contributed by atoms with Crippen molar-refractivity contribution in [2.45, 2.75) is 17.4 Å². The maximum absolute atomic E-state index is 12.8. The average molecular weight is 330 g/mol. The molecule has 0 unspecified atom stereocenters. The number of ether oxygens (including phenoxy) is 1. The van der Waals surface area contributed by atoms with Crippen molar-refractivity contribution in [3.8, 4) is 0 Å². The molecule has 0 aromatic heterocycles. The van der Waals surface area contributed by atoms with Gasteiger partial charge in [-0.25, -0.2) is 12.8 Å². The van der Waals surface area contributed by atoms with E-state index in [9.17, 15) is 17.6 Å². The molecule has 122 valence electrons. The molecule has 2 N–H and O–H groups in total. The van der Waals surface area contributed by atoms with Crippen molar-refractivity contribution in [3.05, 3.63) is 30.1 Å².